The number of anilines is 1. The van der Waals surface area contributed by atoms with Crippen LogP contribution in [0.5, 0.6) is 0 Å². The molecule has 122 valence electrons. The van der Waals surface area contributed by atoms with Gasteiger partial charge in [-0.1, -0.05) is 19.1 Å². The van der Waals surface area contributed by atoms with Crippen LogP contribution >= 0.6 is 0 Å². The molecule has 0 unspecified atom stereocenters. The lowest BCUT2D eigenvalue weighted by molar-refractivity contribution is 0.0696. The largest absolute Gasteiger partial charge is 0.478 e. The molecule has 2 rings (SSSR count). The summed E-state index contributed by atoms with van der Waals surface area (Å²) in [7, 11) is -4.02. The lowest BCUT2D eigenvalue weighted by Crippen LogP contribution is -2.16. The van der Waals surface area contributed by atoms with Crippen LogP contribution in [0.4, 0.5) is 10.1 Å². The molecule has 2 aromatic rings. The number of nitrogens with one attached hydrogen (secondary N) is 1. The van der Waals surface area contributed by atoms with Crippen molar-refractivity contribution < 1.29 is 22.7 Å². The molecular formula is C16H16FNO4S. The van der Waals surface area contributed by atoms with E-state index < -0.39 is 21.8 Å². The molecule has 2 N–H and O–H groups in total. The second-order valence-electron chi connectivity index (χ2n) is 5.05. The standard InChI is InChI=1S/C16H16FNO4S/c1-3-11-5-6-12(16(19)20)8-15(11)23(21,22)18-13-7-4-10(2)14(17)9-13/h4-9,18H,3H2,1-2H3,(H,19,20). The molecule has 0 spiro atoms. The Labute approximate surface area is 133 Å². The van der Waals surface area contributed by atoms with Gasteiger partial charge in [-0.15, -0.1) is 0 Å². The Hall–Kier alpha value is -2.41. The molecule has 0 aliphatic rings. The number of carboxylic acids is 1. The van der Waals surface area contributed by atoms with E-state index in [9.17, 15) is 17.6 Å². The van der Waals surface area contributed by atoms with Crippen molar-refractivity contribution in [3.8, 4) is 0 Å². The maximum Gasteiger partial charge on any atom is 0.335 e. The number of halogens is 1. The van der Waals surface area contributed by atoms with Crippen LogP contribution in [0.2, 0.25) is 0 Å². The van der Waals surface area contributed by atoms with Gasteiger partial charge >= 0.3 is 5.97 Å². The number of carbonyl (C=O) groups is 1. The van der Waals surface area contributed by atoms with E-state index in [1.807, 2.05) is 0 Å². The topological polar surface area (TPSA) is 83.5 Å². The third kappa shape index (κ3) is 3.68. The Bertz CT molecular complexity index is 862. The fourth-order valence-electron chi connectivity index (χ4n) is 2.10. The smallest absolute Gasteiger partial charge is 0.335 e. The molecule has 0 aliphatic heterocycles. The molecule has 0 saturated heterocycles. The van der Waals surface area contributed by atoms with Gasteiger partial charge < -0.3 is 5.11 Å². The van der Waals surface area contributed by atoms with E-state index in [4.69, 9.17) is 5.11 Å². The van der Waals surface area contributed by atoms with Gasteiger partial charge in [0.2, 0.25) is 0 Å². The van der Waals surface area contributed by atoms with Crippen molar-refractivity contribution in [3.05, 3.63) is 58.9 Å². The molecule has 0 bridgehead atoms. The van der Waals surface area contributed by atoms with Gasteiger partial charge in [-0.3, -0.25) is 4.72 Å². The minimum Gasteiger partial charge on any atom is -0.478 e. The molecule has 2 aromatic carbocycles. The number of aromatic carboxylic acids is 1. The first kappa shape index (κ1) is 17.0. The Morgan fingerprint density at radius 1 is 1.22 bits per heavy atom. The van der Waals surface area contributed by atoms with Crippen molar-refractivity contribution in [1.29, 1.82) is 0 Å². The van der Waals surface area contributed by atoms with E-state index in [1.54, 1.807) is 13.8 Å². The Morgan fingerprint density at radius 3 is 2.48 bits per heavy atom. The summed E-state index contributed by atoms with van der Waals surface area (Å²) in [6.45, 7) is 3.33. The number of hydrogen-bond donors (Lipinski definition) is 2. The SMILES string of the molecule is CCc1ccc(C(=O)O)cc1S(=O)(=O)Nc1ccc(C)c(F)c1. The summed E-state index contributed by atoms with van der Waals surface area (Å²) >= 11 is 0. The van der Waals surface area contributed by atoms with E-state index in [0.717, 1.165) is 12.1 Å². The van der Waals surface area contributed by atoms with Crippen LogP contribution in [0.1, 0.15) is 28.4 Å². The summed E-state index contributed by atoms with van der Waals surface area (Å²) in [5.74, 6) is -1.74. The summed E-state index contributed by atoms with van der Waals surface area (Å²) in [6.07, 6.45) is 0.415. The van der Waals surface area contributed by atoms with Gasteiger partial charge in [0, 0.05) is 0 Å². The Kier molecular flexibility index (Phi) is 4.70. The predicted octanol–water partition coefficient (Wildman–Crippen LogP) is 3.20. The molecule has 0 aromatic heterocycles. The summed E-state index contributed by atoms with van der Waals surface area (Å²) < 4.78 is 40.9. The van der Waals surface area contributed by atoms with Crippen molar-refractivity contribution in [2.24, 2.45) is 0 Å². The Balaban J connectivity index is 2.47. The highest BCUT2D eigenvalue weighted by molar-refractivity contribution is 7.92. The lowest BCUT2D eigenvalue weighted by Gasteiger charge is -2.13. The summed E-state index contributed by atoms with van der Waals surface area (Å²) in [6, 6.07) is 7.91. The summed E-state index contributed by atoms with van der Waals surface area (Å²) in [4.78, 5) is 10.9. The van der Waals surface area contributed by atoms with Crippen molar-refractivity contribution >= 4 is 21.7 Å². The molecule has 0 fully saturated rings. The van der Waals surface area contributed by atoms with Crippen LogP contribution in [0.15, 0.2) is 41.3 Å². The first-order chi connectivity index (χ1) is 10.7. The molecule has 23 heavy (non-hydrogen) atoms. The van der Waals surface area contributed by atoms with E-state index in [-0.39, 0.29) is 16.1 Å². The molecule has 0 amide bonds. The Morgan fingerprint density at radius 2 is 1.91 bits per heavy atom. The maximum absolute atomic E-state index is 13.6. The van der Waals surface area contributed by atoms with E-state index in [2.05, 4.69) is 4.72 Å². The normalized spacial score (nSPS) is 11.3. The first-order valence-corrected chi connectivity index (χ1v) is 8.38. The van der Waals surface area contributed by atoms with Crippen LogP contribution in [-0.4, -0.2) is 19.5 Å². The van der Waals surface area contributed by atoms with Crippen molar-refractivity contribution in [2.75, 3.05) is 4.72 Å². The number of sulfonamides is 1. The average molecular weight is 337 g/mol. The maximum atomic E-state index is 13.6. The monoisotopic (exact) mass is 337 g/mol. The van der Waals surface area contributed by atoms with Crippen LogP contribution in [0.3, 0.4) is 0 Å². The van der Waals surface area contributed by atoms with Crippen molar-refractivity contribution in [3.63, 3.8) is 0 Å². The zero-order valence-electron chi connectivity index (χ0n) is 12.6. The zero-order chi connectivity index (χ0) is 17.2. The highest BCUT2D eigenvalue weighted by Gasteiger charge is 2.20. The molecule has 0 radical (unpaired) electrons. The second kappa shape index (κ2) is 6.37. The van der Waals surface area contributed by atoms with Gasteiger partial charge in [-0.05, 0) is 48.7 Å². The predicted molar refractivity (Wildman–Crippen MR) is 84.7 cm³/mol. The van der Waals surface area contributed by atoms with Gasteiger partial charge in [0.25, 0.3) is 10.0 Å². The molecule has 0 atom stereocenters. The first-order valence-electron chi connectivity index (χ1n) is 6.90. The van der Waals surface area contributed by atoms with Gasteiger partial charge in [-0.25, -0.2) is 17.6 Å². The third-order valence-electron chi connectivity index (χ3n) is 3.41. The molecular weight excluding hydrogens is 321 g/mol. The van der Waals surface area contributed by atoms with Crippen molar-refractivity contribution in [1.82, 2.24) is 0 Å². The van der Waals surface area contributed by atoms with Crippen LogP contribution in [0, 0.1) is 12.7 Å². The average Bonchev–Trinajstić information content (AvgIpc) is 2.50. The summed E-state index contributed by atoms with van der Waals surface area (Å²) in [5.41, 5.74) is 0.832. The van der Waals surface area contributed by atoms with Gasteiger partial charge in [0.15, 0.2) is 0 Å². The number of benzene rings is 2. The van der Waals surface area contributed by atoms with Gasteiger partial charge in [0.1, 0.15) is 5.82 Å². The molecule has 0 heterocycles. The molecule has 0 aliphatic carbocycles. The highest BCUT2D eigenvalue weighted by Crippen LogP contribution is 2.23. The number of hydrogen-bond acceptors (Lipinski definition) is 3. The van der Waals surface area contributed by atoms with E-state index >= 15 is 0 Å². The van der Waals surface area contributed by atoms with E-state index in [0.29, 0.717) is 17.5 Å². The second-order valence-corrected chi connectivity index (χ2v) is 6.70. The fourth-order valence-corrected chi connectivity index (χ4v) is 3.48. The van der Waals surface area contributed by atoms with Crippen LogP contribution in [0.25, 0.3) is 0 Å². The van der Waals surface area contributed by atoms with Gasteiger partial charge in [-0.2, -0.15) is 0 Å². The number of carboxylic acid groups (broad SMARTS) is 1. The van der Waals surface area contributed by atoms with Crippen LogP contribution < -0.4 is 4.72 Å². The summed E-state index contributed by atoms with van der Waals surface area (Å²) in [5, 5.41) is 9.03. The van der Waals surface area contributed by atoms with Crippen LogP contribution in [-0.2, 0) is 16.4 Å². The molecule has 5 nitrogen and oxygen atoms in total. The minimum absolute atomic E-state index is 0.0795. The number of aryl methyl sites for hydroxylation is 2. The van der Waals surface area contributed by atoms with Gasteiger partial charge in [0.05, 0.1) is 16.1 Å². The lowest BCUT2D eigenvalue weighted by atomic mass is 10.1. The van der Waals surface area contributed by atoms with Crippen molar-refractivity contribution in [2.45, 2.75) is 25.2 Å². The molecule has 0 saturated carbocycles. The molecule has 7 heteroatoms. The third-order valence-corrected chi connectivity index (χ3v) is 4.87. The van der Waals surface area contributed by atoms with E-state index in [1.165, 1.54) is 24.3 Å². The zero-order valence-corrected chi connectivity index (χ0v) is 13.4. The number of rotatable bonds is 5. The quantitative estimate of drug-likeness (QED) is 0.877. The fraction of sp³-hybridized carbons (Fsp3) is 0.188. The highest BCUT2D eigenvalue weighted by atomic mass is 32.2. The minimum atomic E-state index is -4.02.